The van der Waals surface area contributed by atoms with Crippen LogP contribution < -0.4 is 15.1 Å². The molecule has 1 fully saturated rings. The lowest BCUT2D eigenvalue weighted by atomic mass is 10.2. The normalized spacial score (nSPS) is 14.5. The molecule has 2 aromatic rings. The zero-order valence-corrected chi connectivity index (χ0v) is 16.7. The van der Waals surface area contributed by atoms with Gasteiger partial charge in [-0.05, 0) is 39.2 Å². The average Bonchev–Trinajstić information content (AvgIpc) is 2.68. The number of hydrogen-bond donors (Lipinski definition) is 1. The van der Waals surface area contributed by atoms with Gasteiger partial charge in [-0.2, -0.15) is 0 Å². The molecule has 0 unspecified atom stereocenters. The number of likely N-dealkylation sites (N-methyl/N-ethyl adjacent to an activating group) is 1. The van der Waals surface area contributed by atoms with Crippen molar-refractivity contribution in [1.82, 2.24) is 20.2 Å². The molecule has 150 valence electrons. The molecule has 1 N–H and O–H groups in total. The summed E-state index contributed by atoms with van der Waals surface area (Å²) in [5.74, 6) is 0.143. The highest BCUT2D eigenvalue weighted by atomic mass is 19.1. The number of aromatic nitrogens is 2. The van der Waals surface area contributed by atoms with Crippen molar-refractivity contribution >= 4 is 17.5 Å². The van der Waals surface area contributed by atoms with E-state index in [1.807, 2.05) is 41.8 Å². The number of halogens is 1. The fourth-order valence-corrected chi connectivity index (χ4v) is 3.15. The maximum Gasteiger partial charge on any atom is 0.270 e. The van der Waals surface area contributed by atoms with E-state index in [4.69, 9.17) is 0 Å². The zero-order valence-electron chi connectivity index (χ0n) is 16.7. The fraction of sp³-hybridized carbons (Fsp3) is 0.450. The van der Waals surface area contributed by atoms with Gasteiger partial charge < -0.3 is 20.0 Å². The van der Waals surface area contributed by atoms with Gasteiger partial charge in [-0.3, -0.25) is 4.79 Å². The van der Waals surface area contributed by atoms with Gasteiger partial charge in [-0.1, -0.05) is 12.1 Å². The molecule has 0 spiro atoms. The molecule has 7 nitrogen and oxygen atoms in total. The Balaban J connectivity index is 1.65. The Kier molecular flexibility index (Phi) is 6.41. The van der Waals surface area contributed by atoms with Crippen molar-refractivity contribution in [1.29, 1.82) is 0 Å². The summed E-state index contributed by atoms with van der Waals surface area (Å²) in [5, 5.41) is 2.88. The average molecular weight is 386 g/mol. The molecule has 1 aromatic carbocycles. The van der Waals surface area contributed by atoms with Crippen molar-refractivity contribution in [3.63, 3.8) is 0 Å². The monoisotopic (exact) mass is 386 g/mol. The highest BCUT2D eigenvalue weighted by molar-refractivity contribution is 5.92. The molecule has 0 aliphatic carbocycles. The highest BCUT2D eigenvalue weighted by Crippen LogP contribution is 2.21. The van der Waals surface area contributed by atoms with Crippen LogP contribution in [0, 0.1) is 12.7 Å². The van der Waals surface area contributed by atoms with E-state index in [0.717, 1.165) is 12.2 Å². The van der Waals surface area contributed by atoms with Gasteiger partial charge in [-0.15, -0.1) is 0 Å². The first kappa shape index (κ1) is 20.0. The maximum atomic E-state index is 14.0. The number of rotatable bonds is 6. The third kappa shape index (κ3) is 4.95. The number of benzene rings is 1. The van der Waals surface area contributed by atoms with Gasteiger partial charge in [0.05, 0.1) is 5.69 Å². The second kappa shape index (κ2) is 8.97. The predicted octanol–water partition coefficient (Wildman–Crippen LogP) is 1.54. The lowest BCUT2D eigenvalue weighted by molar-refractivity contribution is 0.0946. The van der Waals surface area contributed by atoms with Gasteiger partial charge >= 0.3 is 0 Å². The summed E-state index contributed by atoms with van der Waals surface area (Å²) < 4.78 is 14.0. The Morgan fingerprint density at radius 1 is 1.14 bits per heavy atom. The summed E-state index contributed by atoms with van der Waals surface area (Å²) >= 11 is 0. The van der Waals surface area contributed by atoms with Crippen LogP contribution in [0.2, 0.25) is 0 Å². The number of piperazine rings is 1. The Bertz CT molecular complexity index is 820. The number of para-hydroxylation sites is 1. The van der Waals surface area contributed by atoms with E-state index >= 15 is 0 Å². The molecular weight excluding hydrogens is 359 g/mol. The quantitative estimate of drug-likeness (QED) is 0.813. The Hall–Kier alpha value is -2.74. The van der Waals surface area contributed by atoms with Crippen LogP contribution in [0.1, 0.15) is 16.2 Å². The first-order valence-electron chi connectivity index (χ1n) is 9.47. The van der Waals surface area contributed by atoms with E-state index in [0.29, 0.717) is 50.1 Å². The lowest BCUT2D eigenvalue weighted by Crippen LogP contribution is -2.47. The van der Waals surface area contributed by atoms with Crippen molar-refractivity contribution < 1.29 is 9.18 Å². The van der Waals surface area contributed by atoms with Crippen LogP contribution in [0.15, 0.2) is 30.3 Å². The number of aryl methyl sites for hydroxylation is 1. The maximum absolute atomic E-state index is 14.0. The topological polar surface area (TPSA) is 64.6 Å². The molecular formula is C20H27FN6O. The fourth-order valence-electron chi connectivity index (χ4n) is 3.15. The zero-order chi connectivity index (χ0) is 20.1. The largest absolute Gasteiger partial charge is 0.366 e. The van der Waals surface area contributed by atoms with Gasteiger partial charge in [0, 0.05) is 45.0 Å². The molecule has 1 amide bonds. The molecule has 0 radical (unpaired) electrons. The Labute approximate surface area is 165 Å². The summed E-state index contributed by atoms with van der Waals surface area (Å²) in [7, 11) is 3.92. The number of amides is 1. The van der Waals surface area contributed by atoms with Gasteiger partial charge in [0.2, 0.25) is 5.95 Å². The van der Waals surface area contributed by atoms with E-state index in [9.17, 15) is 9.18 Å². The number of anilines is 2. The van der Waals surface area contributed by atoms with Crippen molar-refractivity contribution in [2.45, 2.75) is 6.92 Å². The molecule has 1 aliphatic heterocycles. The molecule has 0 bridgehead atoms. The van der Waals surface area contributed by atoms with Gasteiger partial charge in [-0.25, -0.2) is 14.4 Å². The summed E-state index contributed by atoms with van der Waals surface area (Å²) in [6.07, 6.45) is 0. The number of carbonyl (C=O) groups is 1. The van der Waals surface area contributed by atoms with E-state index in [-0.39, 0.29) is 11.7 Å². The standard InChI is InChI=1S/C20H27FN6O/c1-15-14-17(19(28)22-8-9-25(2)3)24-20(23-15)27-12-10-26(11-13-27)18-7-5-4-6-16(18)21/h4-7,14H,8-13H2,1-3H3,(H,22,28). The van der Waals surface area contributed by atoms with Crippen LogP contribution in [0.3, 0.4) is 0 Å². The van der Waals surface area contributed by atoms with E-state index in [1.54, 1.807) is 18.2 Å². The van der Waals surface area contributed by atoms with Gasteiger partial charge in [0.15, 0.2) is 0 Å². The van der Waals surface area contributed by atoms with Crippen molar-refractivity contribution in [3.8, 4) is 0 Å². The summed E-state index contributed by atoms with van der Waals surface area (Å²) in [6.45, 7) is 5.85. The van der Waals surface area contributed by atoms with Crippen LogP contribution in [0.25, 0.3) is 0 Å². The number of carbonyl (C=O) groups excluding carboxylic acids is 1. The molecule has 0 saturated carbocycles. The van der Waals surface area contributed by atoms with Gasteiger partial charge in [0.25, 0.3) is 5.91 Å². The minimum absolute atomic E-state index is 0.196. The third-order valence-corrected chi connectivity index (χ3v) is 4.68. The minimum Gasteiger partial charge on any atom is -0.366 e. The van der Waals surface area contributed by atoms with Crippen LogP contribution in [0.5, 0.6) is 0 Å². The molecule has 1 aromatic heterocycles. The molecule has 0 atom stereocenters. The Morgan fingerprint density at radius 3 is 2.50 bits per heavy atom. The molecule has 1 saturated heterocycles. The van der Waals surface area contributed by atoms with Crippen molar-refractivity contribution in [3.05, 3.63) is 47.5 Å². The second-order valence-corrected chi connectivity index (χ2v) is 7.18. The molecule has 1 aliphatic rings. The molecule has 8 heteroatoms. The van der Waals surface area contributed by atoms with Gasteiger partial charge in [0.1, 0.15) is 11.5 Å². The summed E-state index contributed by atoms with van der Waals surface area (Å²) in [4.78, 5) is 27.4. The van der Waals surface area contributed by atoms with Crippen molar-refractivity contribution in [2.75, 3.05) is 63.2 Å². The van der Waals surface area contributed by atoms with Crippen molar-refractivity contribution in [2.24, 2.45) is 0 Å². The van der Waals surface area contributed by atoms with Crippen LogP contribution in [0.4, 0.5) is 16.0 Å². The summed E-state index contributed by atoms with van der Waals surface area (Å²) in [5.41, 5.74) is 1.74. The predicted molar refractivity (Wildman–Crippen MR) is 108 cm³/mol. The lowest BCUT2D eigenvalue weighted by Gasteiger charge is -2.36. The molecule has 2 heterocycles. The number of hydrogen-bond acceptors (Lipinski definition) is 6. The van der Waals surface area contributed by atoms with E-state index < -0.39 is 0 Å². The molecule has 28 heavy (non-hydrogen) atoms. The Morgan fingerprint density at radius 2 is 1.82 bits per heavy atom. The first-order chi connectivity index (χ1) is 13.4. The summed E-state index contributed by atoms with van der Waals surface area (Å²) in [6, 6.07) is 8.51. The van der Waals surface area contributed by atoms with Crippen LogP contribution >= 0.6 is 0 Å². The van der Waals surface area contributed by atoms with Crippen LogP contribution in [-0.4, -0.2) is 74.1 Å². The minimum atomic E-state index is -0.209. The first-order valence-corrected chi connectivity index (χ1v) is 9.47. The SMILES string of the molecule is Cc1cc(C(=O)NCCN(C)C)nc(N2CCN(c3ccccc3F)CC2)n1. The van der Waals surface area contributed by atoms with E-state index in [2.05, 4.69) is 15.3 Å². The number of nitrogens with zero attached hydrogens (tertiary/aromatic N) is 5. The number of nitrogens with one attached hydrogen (secondary N) is 1. The smallest absolute Gasteiger partial charge is 0.270 e. The highest BCUT2D eigenvalue weighted by Gasteiger charge is 2.22. The van der Waals surface area contributed by atoms with Crippen LogP contribution in [-0.2, 0) is 0 Å². The molecule has 3 rings (SSSR count). The van der Waals surface area contributed by atoms with E-state index in [1.165, 1.54) is 6.07 Å². The second-order valence-electron chi connectivity index (χ2n) is 7.18. The third-order valence-electron chi connectivity index (χ3n) is 4.68.